The molecule has 7 heteroatoms. The summed E-state index contributed by atoms with van der Waals surface area (Å²) < 4.78 is 16.5. The Hall–Kier alpha value is -2.11. The predicted octanol–water partition coefficient (Wildman–Crippen LogP) is 4.17. The second-order valence-electron chi connectivity index (χ2n) is 5.12. The second-order valence-corrected chi connectivity index (χ2v) is 5.94. The van der Waals surface area contributed by atoms with Crippen LogP contribution in [0.5, 0.6) is 17.2 Å². The van der Waals surface area contributed by atoms with Crippen LogP contribution >= 0.6 is 23.2 Å². The quantitative estimate of drug-likeness (QED) is 0.880. The zero-order valence-electron chi connectivity index (χ0n) is 12.7. The van der Waals surface area contributed by atoms with Crippen molar-refractivity contribution in [2.45, 2.75) is 6.42 Å². The average Bonchev–Trinajstić information content (AvgIpc) is 2.81. The lowest BCUT2D eigenvalue weighted by atomic mass is 10.2. The fraction of sp³-hybridized carbons (Fsp3) is 0.235. The van der Waals surface area contributed by atoms with Crippen LogP contribution in [-0.2, 0) is 4.79 Å². The highest BCUT2D eigenvalue weighted by molar-refractivity contribution is 6.42. The van der Waals surface area contributed by atoms with Crippen molar-refractivity contribution in [1.29, 1.82) is 0 Å². The molecule has 0 saturated carbocycles. The van der Waals surface area contributed by atoms with Gasteiger partial charge < -0.3 is 19.5 Å². The Bertz CT molecular complexity index is 751. The van der Waals surface area contributed by atoms with Crippen LogP contribution in [-0.4, -0.2) is 25.7 Å². The first-order chi connectivity index (χ1) is 11.6. The fourth-order valence-corrected chi connectivity index (χ4v) is 2.44. The van der Waals surface area contributed by atoms with E-state index >= 15 is 0 Å². The largest absolute Gasteiger partial charge is 0.490 e. The normalized spacial score (nSPS) is 13.1. The summed E-state index contributed by atoms with van der Waals surface area (Å²) in [7, 11) is 0. The number of fused-ring (bicyclic) bond motifs is 1. The zero-order valence-corrected chi connectivity index (χ0v) is 14.2. The van der Waals surface area contributed by atoms with Gasteiger partial charge in [-0.15, -0.1) is 0 Å². The van der Waals surface area contributed by atoms with Gasteiger partial charge in [-0.3, -0.25) is 4.79 Å². The Morgan fingerprint density at radius 3 is 2.62 bits per heavy atom. The molecule has 1 heterocycles. The van der Waals surface area contributed by atoms with Crippen molar-refractivity contribution < 1.29 is 19.0 Å². The lowest BCUT2D eigenvalue weighted by molar-refractivity contribution is -0.118. The van der Waals surface area contributed by atoms with Gasteiger partial charge in [-0.05, 0) is 24.3 Å². The Morgan fingerprint density at radius 1 is 1.04 bits per heavy atom. The molecule has 0 saturated heterocycles. The fourth-order valence-electron chi connectivity index (χ4n) is 2.15. The van der Waals surface area contributed by atoms with Gasteiger partial charge in [-0.2, -0.15) is 0 Å². The Kier molecular flexibility index (Phi) is 5.33. The molecule has 5 nitrogen and oxygen atoms in total. The molecule has 24 heavy (non-hydrogen) atoms. The molecule has 1 aliphatic heterocycles. The maximum Gasteiger partial charge on any atom is 0.262 e. The average molecular weight is 368 g/mol. The number of hydrogen-bond acceptors (Lipinski definition) is 4. The van der Waals surface area contributed by atoms with Crippen LogP contribution in [0, 0.1) is 0 Å². The SMILES string of the molecule is O=C(COc1ccc(Cl)c(Cl)c1)Nc1ccc2c(c1)OCCCO2. The summed E-state index contributed by atoms with van der Waals surface area (Å²) >= 11 is 11.7. The van der Waals surface area contributed by atoms with Crippen LogP contribution < -0.4 is 19.5 Å². The molecule has 0 unspecified atom stereocenters. The van der Waals surface area contributed by atoms with Gasteiger partial charge in [0.2, 0.25) is 0 Å². The van der Waals surface area contributed by atoms with E-state index in [4.69, 9.17) is 37.4 Å². The summed E-state index contributed by atoms with van der Waals surface area (Å²) in [6.07, 6.45) is 0.827. The van der Waals surface area contributed by atoms with Crippen LogP contribution in [0.2, 0.25) is 10.0 Å². The summed E-state index contributed by atoms with van der Waals surface area (Å²) in [6.45, 7) is 1.06. The maximum atomic E-state index is 12.0. The van der Waals surface area contributed by atoms with Gasteiger partial charge in [0.05, 0.1) is 23.3 Å². The number of carbonyl (C=O) groups excluding carboxylic acids is 1. The van der Waals surface area contributed by atoms with Gasteiger partial charge in [0.1, 0.15) is 5.75 Å². The molecule has 126 valence electrons. The van der Waals surface area contributed by atoms with E-state index in [-0.39, 0.29) is 12.5 Å². The van der Waals surface area contributed by atoms with Crippen molar-refractivity contribution in [3.8, 4) is 17.2 Å². The molecule has 0 bridgehead atoms. The van der Waals surface area contributed by atoms with E-state index in [1.165, 1.54) is 0 Å². The van der Waals surface area contributed by atoms with Crippen molar-refractivity contribution in [2.75, 3.05) is 25.1 Å². The molecule has 0 fully saturated rings. The maximum absolute atomic E-state index is 12.0. The minimum absolute atomic E-state index is 0.146. The van der Waals surface area contributed by atoms with Crippen molar-refractivity contribution >= 4 is 34.8 Å². The molecule has 0 spiro atoms. The van der Waals surface area contributed by atoms with Crippen LogP contribution in [0.1, 0.15) is 6.42 Å². The Balaban J connectivity index is 1.58. The van der Waals surface area contributed by atoms with E-state index in [9.17, 15) is 4.79 Å². The standard InChI is InChI=1S/C17H15Cl2NO4/c18-13-4-3-12(9-14(13)19)24-10-17(21)20-11-2-5-15-16(8-11)23-7-1-6-22-15/h2-5,8-9H,1,6-7,10H2,(H,20,21). The number of amides is 1. The van der Waals surface area contributed by atoms with Crippen molar-refractivity contribution in [1.82, 2.24) is 0 Å². The second kappa shape index (κ2) is 7.64. The number of hydrogen-bond donors (Lipinski definition) is 1. The molecule has 2 aromatic rings. The number of ether oxygens (including phenoxy) is 3. The number of rotatable bonds is 4. The summed E-state index contributed by atoms with van der Waals surface area (Å²) in [5.74, 6) is 1.47. The van der Waals surface area contributed by atoms with Gasteiger partial charge in [0.15, 0.2) is 18.1 Å². The molecule has 1 N–H and O–H groups in total. The molecule has 3 rings (SSSR count). The van der Waals surface area contributed by atoms with E-state index < -0.39 is 0 Å². The smallest absolute Gasteiger partial charge is 0.262 e. The molecule has 0 radical (unpaired) electrons. The molecule has 0 aliphatic carbocycles. The third-order valence-electron chi connectivity index (χ3n) is 3.29. The number of nitrogens with one attached hydrogen (secondary N) is 1. The lowest BCUT2D eigenvalue weighted by Gasteiger charge is -2.11. The van der Waals surface area contributed by atoms with E-state index in [1.807, 2.05) is 0 Å². The third-order valence-corrected chi connectivity index (χ3v) is 4.03. The molecule has 0 atom stereocenters. The van der Waals surface area contributed by atoms with E-state index in [0.717, 1.165) is 6.42 Å². The number of benzene rings is 2. The number of anilines is 1. The summed E-state index contributed by atoms with van der Waals surface area (Å²) in [4.78, 5) is 12.0. The molecule has 1 amide bonds. The van der Waals surface area contributed by atoms with Crippen LogP contribution in [0.4, 0.5) is 5.69 Å². The predicted molar refractivity (Wildman–Crippen MR) is 92.6 cm³/mol. The van der Waals surface area contributed by atoms with Crippen LogP contribution in [0.25, 0.3) is 0 Å². The van der Waals surface area contributed by atoms with Gasteiger partial charge in [-0.25, -0.2) is 0 Å². The molecule has 0 aromatic heterocycles. The summed E-state index contributed by atoms with van der Waals surface area (Å²) in [5, 5.41) is 3.55. The Morgan fingerprint density at radius 2 is 1.83 bits per heavy atom. The molecular formula is C17H15Cl2NO4. The number of halogens is 2. The topological polar surface area (TPSA) is 56.8 Å². The van der Waals surface area contributed by atoms with Crippen molar-refractivity contribution in [3.63, 3.8) is 0 Å². The molecule has 2 aromatic carbocycles. The third kappa shape index (κ3) is 4.24. The highest BCUT2D eigenvalue weighted by Crippen LogP contribution is 2.32. The van der Waals surface area contributed by atoms with Gasteiger partial charge in [0.25, 0.3) is 5.91 Å². The molecular weight excluding hydrogens is 353 g/mol. The van der Waals surface area contributed by atoms with E-state index in [0.29, 0.717) is 46.2 Å². The van der Waals surface area contributed by atoms with E-state index in [2.05, 4.69) is 5.32 Å². The minimum atomic E-state index is -0.296. The first kappa shape index (κ1) is 16.7. The van der Waals surface area contributed by atoms with E-state index in [1.54, 1.807) is 36.4 Å². The van der Waals surface area contributed by atoms with Crippen molar-refractivity contribution in [3.05, 3.63) is 46.4 Å². The summed E-state index contributed by atoms with van der Waals surface area (Å²) in [6, 6.07) is 10.1. The first-order valence-corrected chi connectivity index (χ1v) is 8.15. The van der Waals surface area contributed by atoms with Gasteiger partial charge in [-0.1, -0.05) is 23.2 Å². The Labute approximate surface area is 149 Å². The zero-order chi connectivity index (χ0) is 16.9. The monoisotopic (exact) mass is 367 g/mol. The van der Waals surface area contributed by atoms with Crippen LogP contribution in [0.3, 0.4) is 0 Å². The highest BCUT2D eigenvalue weighted by Gasteiger charge is 2.12. The van der Waals surface area contributed by atoms with Gasteiger partial charge >= 0.3 is 0 Å². The lowest BCUT2D eigenvalue weighted by Crippen LogP contribution is -2.20. The van der Waals surface area contributed by atoms with Crippen molar-refractivity contribution in [2.24, 2.45) is 0 Å². The molecule has 1 aliphatic rings. The summed E-state index contributed by atoms with van der Waals surface area (Å²) in [5.41, 5.74) is 0.613. The first-order valence-electron chi connectivity index (χ1n) is 7.39. The number of carbonyl (C=O) groups is 1. The minimum Gasteiger partial charge on any atom is -0.490 e. The highest BCUT2D eigenvalue weighted by atomic mass is 35.5. The van der Waals surface area contributed by atoms with Gasteiger partial charge in [0, 0.05) is 24.2 Å². The van der Waals surface area contributed by atoms with Crippen LogP contribution in [0.15, 0.2) is 36.4 Å².